The number of aromatic nitrogens is 4. The molecule has 1 aromatic carbocycles. The van der Waals surface area contributed by atoms with Gasteiger partial charge in [0.25, 0.3) is 0 Å². The van der Waals surface area contributed by atoms with Crippen LogP contribution in [0.5, 0.6) is 0 Å². The molecule has 3 aromatic rings. The van der Waals surface area contributed by atoms with E-state index in [0.29, 0.717) is 5.82 Å². The Kier molecular flexibility index (Phi) is 3.36. The summed E-state index contributed by atoms with van der Waals surface area (Å²) < 4.78 is 0. The summed E-state index contributed by atoms with van der Waals surface area (Å²) in [5.41, 5.74) is 1.89. The van der Waals surface area contributed by atoms with Gasteiger partial charge in [-0.1, -0.05) is 18.2 Å². The van der Waals surface area contributed by atoms with Crippen molar-refractivity contribution < 1.29 is 0 Å². The zero-order valence-electron chi connectivity index (χ0n) is 12.1. The normalized spacial score (nSPS) is 15.2. The lowest BCUT2D eigenvalue weighted by molar-refractivity contribution is 0.579. The first-order valence-electron chi connectivity index (χ1n) is 7.40. The van der Waals surface area contributed by atoms with E-state index in [1.165, 1.54) is 0 Å². The molecule has 1 aliphatic heterocycles. The number of para-hydroxylation sites is 1. The number of benzene rings is 1. The van der Waals surface area contributed by atoms with Crippen molar-refractivity contribution >= 4 is 16.9 Å². The highest BCUT2D eigenvalue weighted by Gasteiger charge is 2.14. The van der Waals surface area contributed by atoms with Crippen molar-refractivity contribution in [1.82, 2.24) is 25.3 Å². The summed E-state index contributed by atoms with van der Waals surface area (Å²) in [5, 5.41) is 4.42. The molecule has 3 heterocycles. The monoisotopic (exact) mass is 292 g/mol. The predicted molar refractivity (Wildman–Crippen MR) is 85.6 cm³/mol. The zero-order chi connectivity index (χ0) is 14.8. The van der Waals surface area contributed by atoms with Gasteiger partial charge >= 0.3 is 0 Å². The lowest BCUT2D eigenvalue weighted by Crippen LogP contribution is -2.44. The van der Waals surface area contributed by atoms with Crippen molar-refractivity contribution in [2.45, 2.75) is 0 Å². The van der Waals surface area contributed by atoms with Gasteiger partial charge < -0.3 is 10.2 Å². The summed E-state index contributed by atoms with van der Waals surface area (Å²) in [6.45, 7) is 3.75. The Morgan fingerprint density at radius 3 is 2.77 bits per heavy atom. The largest absolute Gasteiger partial charge is 0.338 e. The van der Waals surface area contributed by atoms with E-state index in [0.717, 1.165) is 48.6 Å². The topological polar surface area (TPSA) is 66.8 Å². The Labute approximate surface area is 128 Å². The van der Waals surface area contributed by atoms with E-state index >= 15 is 0 Å². The smallest absolute Gasteiger partial charge is 0.228 e. The number of nitrogens with one attached hydrogen (secondary N) is 1. The Bertz CT molecular complexity index is 797. The second-order valence-corrected chi connectivity index (χ2v) is 5.26. The van der Waals surface area contributed by atoms with Crippen molar-refractivity contribution in [3.8, 4) is 11.4 Å². The molecule has 1 aliphatic rings. The second kappa shape index (κ2) is 5.65. The molecule has 1 saturated heterocycles. The van der Waals surface area contributed by atoms with Crippen molar-refractivity contribution in [3.63, 3.8) is 0 Å². The molecule has 0 bridgehead atoms. The van der Waals surface area contributed by atoms with E-state index in [9.17, 15) is 0 Å². The number of rotatable bonds is 2. The van der Waals surface area contributed by atoms with Gasteiger partial charge in [-0.15, -0.1) is 0 Å². The fourth-order valence-electron chi connectivity index (χ4n) is 2.64. The van der Waals surface area contributed by atoms with Gasteiger partial charge in [0.15, 0.2) is 5.82 Å². The van der Waals surface area contributed by atoms with Gasteiger partial charge in [-0.05, 0) is 12.1 Å². The highest BCUT2D eigenvalue weighted by Crippen LogP contribution is 2.20. The number of fused-ring (bicyclic) bond motifs is 1. The Hall–Kier alpha value is -2.60. The van der Waals surface area contributed by atoms with E-state index in [1.807, 2.05) is 30.5 Å². The second-order valence-electron chi connectivity index (χ2n) is 5.26. The first-order chi connectivity index (χ1) is 10.9. The van der Waals surface area contributed by atoms with Gasteiger partial charge in [-0.2, -0.15) is 4.98 Å². The molecule has 0 unspecified atom stereocenters. The van der Waals surface area contributed by atoms with Crippen LogP contribution in [0.25, 0.3) is 22.3 Å². The molecule has 0 atom stereocenters. The summed E-state index contributed by atoms with van der Waals surface area (Å²) in [6, 6.07) is 10.1. The van der Waals surface area contributed by atoms with Gasteiger partial charge in [-0.25, -0.2) is 9.97 Å². The van der Waals surface area contributed by atoms with Gasteiger partial charge in [0.2, 0.25) is 5.95 Å². The van der Waals surface area contributed by atoms with Crippen LogP contribution in [0.3, 0.4) is 0 Å². The molecular weight excluding hydrogens is 276 g/mol. The van der Waals surface area contributed by atoms with Gasteiger partial charge in [0.1, 0.15) is 6.33 Å². The lowest BCUT2D eigenvalue weighted by Gasteiger charge is -2.27. The predicted octanol–water partition coefficient (Wildman–Crippen LogP) is 1.50. The molecule has 2 aromatic heterocycles. The summed E-state index contributed by atoms with van der Waals surface area (Å²) >= 11 is 0. The third-order valence-corrected chi connectivity index (χ3v) is 3.81. The summed E-state index contributed by atoms with van der Waals surface area (Å²) in [4.78, 5) is 19.9. The molecule has 22 heavy (non-hydrogen) atoms. The maximum atomic E-state index is 4.61. The molecule has 4 rings (SSSR count). The first kappa shape index (κ1) is 13.1. The van der Waals surface area contributed by atoms with Crippen molar-refractivity contribution in [3.05, 3.63) is 42.9 Å². The van der Waals surface area contributed by atoms with E-state index in [1.54, 1.807) is 6.33 Å². The number of nitrogens with zero attached hydrogens (tertiary/aromatic N) is 5. The SMILES string of the molecule is c1ccc2ncc(-c3ncnc(N4CCNCC4)n3)cc2c1. The fraction of sp³-hybridized carbons (Fsp3) is 0.250. The molecule has 110 valence electrons. The number of anilines is 1. The molecule has 0 saturated carbocycles. The van der Waals surface area contributed by atoms with Crippen LogP contribution >= 0.6 is 0 Å². The van der Waals surface area contributed by atoms with Crippen LogP contribution in [0, 0.1) is 0 Å². The Morgan fingerprint density at radius 2 is 1.86 bits per heavy atom. The molecule has 0 aliphatic carbocycles. The van der Waals surface area contributed by atoms with Crippen molar-refractivity contribution in [2.75, 3.05) is 31.1 Å². The van der Waals surface area contributed by atoms with Crippen LogP contribution in [-0.2, 0) is 0 Å². The molecule has 1 N–H and O–H groups in total. The fourth-order valence-corrected chi connectivity index (χ4v) is 2.64. The van der Waals surface area contributed by atoms with Crippen LogP contribution in [0.2, 0.25) is 0 Å². The van der Waals surface area contributed by atoms with Gasteiger partial charge in [-0.3, -0.25) is 4.98 Å². The standard InChI is InChI=1S/C16H16N6/c1-2-4-14-12(3-1)9-13(10-18-14)15-19-11-20-16(21-15)22-7-5-17-6-8-22/h1-4,9-11,17H,5-8H2. The van der Waals surface area contributed by atoms with Crippen LogP contribution in [0.15, 0.2) is 42.9 Å². The Balaban J connectivity index is 1.71. The van der Waals surface area contributed by atoms with Crippen LogP contribution in [-0.4, -0.2) is 46.1 Å². The molecule has 0 radical (unpaired) electrons. The summed E-state index contributed by atoms with van der Waals surface area (Å²) in [5.74, 6) is 1.40. The van der Waals surface area contributed by atoms with E-state index < -0.39 is 0 Å². The average molecular weight is 292 g/mol. The maximum absolute atomic E-state index is 4.61. The molecule has 1 fully saturated rings. The number of piperazine rings is 1. The first-order valence-corrected chi connectivity index (χ1v) is 7.40. The summed E-state index contributed by atoms with van der Waals surface area (Å²) in [7, 11) is 0. The maximum Gasteiger partial charge on any atom is 0.228 e. The third-order valence-electron chi connectivity index (χ3n) is 3.81. The van der Waals surface area contributed by atoms with Gasteiger partial charge in [0, 0.05) is 43.3 Å². The summed E-state index contributed by atoms with van der Waals surface area (Å²) in [6.07, 6.45) is 3.40. The molecular formula is C16H16N6. The minimum absolute atomic E-state index is 0.668. The third kappa shape index (κ3) is 2.48. The minimum atomic E-state index is 0.668. The number of hydrogen-bond acceptors (Lipinski definition) is 6. The van der Waals surface area contributed by atoms with E-state index in [4.69, 9.17) is 0 Å². The van der Waals surface area contributed by atoms with Crippen LogP contribution in [0.4, 0.5) is 5.95 Å². The number of hydrogen-bond donors (Lipinski definition) is 1. The highest BCUT2D eigenvalue weighted by atomic mass is 15.3. The van der Waals surface area contributed by atoms with Gasteiger partial charge in [0.05, 0.1) is 5.52 Å². The molecule has 6 heteroatoms. The molecule has 0 spiro atoms. The highest BCUT2D eigenvalue weighted by molar-refractivity contribution is 5.82. The molecule has 6 nitrogen and oxygen atoms in total. The average Bonchev–Trinajstić information content (AvgIpc) is 2.62. The van der Waals surface area contributed by atoms with E-state index in [-0.39, 0.29) is 0 Å². The molecule has 0 amide bonds. The quantitative estimate of drug-likeness (QED) is 0.772. The van der Waals surface area contributed by atoms with Crippen molar-refractivity contribution in [2.24, 2.45) is 0 Å². The lowest BCUT2D eigenvalue weighted by atomic mass is 10.1. The number of pyridine rings is 1. The minimum Gasteiger partial charge on any atom is -0.338 e. The Morgan fingerprint density at radius 1 is 1.00 bits per heavy atom. The van der Waals surface area contributed by atoms with Crippen LogP contribution < -0.4 is 10.2 Å². The van der Waals surface area contributed by atoms with E-state index in [2.05, 4.69) is 36.2 Å². The zero-order valence-corrected chi connectivity index (χ0v) is 12.1. The van der Waals surface area contributed by atoms with Crippen molar-refractivity contribution in [1.29, 1.82) is 0 Å². The van der Waals surface area contributed by atoms with Crippen LogP contribution in [0.1, 0.15) is 0 Å².